The first kappa shape index (κ1) is 12.2. The first-order valence-electron chi connectivity index (χ1n) is 5.57. The van der Waals surface area contributed by atoms with Crippen molar-refractivity contribution in [1.82, 2.24) is 10.3 Å². The molecule has 0 bridgehead atoms. The lowest BCUT2D eigenvalue weighted by Crippen LogP contribution is -2.30. The topological polar surface area (TPSA) is 44.9 Å². The SMILES string of the molecule is Cc1[nH]c2ccc(Br)cc2c1C(=O)NC(C)C. The van der Waals surface area contributed by atoms with E-state index in [0.717, 1.165) is 26.6 Å². The summed E-state index contributed by atoms with van der Waals surface area (Å²) in [5.41, 5.74) is 2.62. The molecular weight excluding hydrogens is 280 g/mol. The first-order chi connectivity index (χ1) is 7.99. The van der Waals surface area contributed by atoms with E-state index >= 15 is 0 Å². The fourth-order valence-corrected chi connectivity index (χ4v) is 2.29. The number of carbonyl (C=O) groups is 1. The number of aromatic nitrogens is 1. The Morgan fingerprint density at radius 1 is 1.41 bits per heavy atom. The van der Waals surface area contributed by atoms with Gasteiger partial charge in [-0.15, -0.1) is 0 Å². The highest BCUT2D eigenvalue weighted by Crippen LogP contribution is 2.25. The van der Waals surface area contributed by atoms with Crippen LogP contribution in [0.15, 0.2) is 22.7 Å². The molecule has 0 spiro atoms. The lowest BCUT2D eigenvalue weighted by atomic mass is 10.1. The summed E-state index contributed by atoms with van der Waals surface area (Å²) in [6.07, 6.45) is 0. The van der Waals surface area contributed by atoms with Crippen LogP contribution in [0.4, 0.5) is 0 Å². The molecule has 0 atom stereocenters. The van der Waals surface area contributed by atoms with Crippen molar-refractivity contribution in [3.8, 4) is 0 Å². The van der Waals surface area contributed by atoms with Gasteiger partial charge in [0, 0.05) is 27.1 Å². The molecule has 2 N–H and O–H groups in total. The third-order valence-corrected chi connectivity index (χ3v) is 3.09. The molecule has 0 saturated heterocycles. The van der Waals surface area contributed by atoms with Gasteiger partial charge in [0.1, 0.15) is 0 Å². The second-order valence-electron chi connectivity index (χ2n) is 4.44. The van der Waals surface area contributed by atoms with Crippen LogP contribution >= 0.6 is 15.9 Å². The van der Waals surface area contributed by atoms with Gasteiger partial charge in [0.05, 0.1) is 5.56 Å². The van der Waals surface area contributed by atoms with Crippen molar-refractivity contribution in [2.24, 2.45) is 0 Å². The summed E-state index contributed by atoms with van der Waals surface area (Å²) < 4.78 is 0.975. The molecule has 0 saturated carbocycles. The minimum Gasteiger partial charge on any atom is -0.358 e. The Morgan fingerprint density at radius 2 is 2.12 bits per heavy atom. The highest BCUT2D eigenvalue weighted by atomic mass is 79.9. The summed E-state index contributed by atoms with van der Waals surface area (Å²) in [6.45, 7) is 5.83. The van der Waals surface area contributed by atoms with Crippen LogP contribution in [-0.2, 0) is 0 Å². The van der Waals surface area contributed by atoms with Crippen LogP contribution in [0.2, 0.25) is 0 Å². The standard InChI is InChI=1S/C13H15BrN2O/c1-7(2)15-13(17)12-8(3)16-11-5-4-9(14)6-10(11)12/h4-7,16H,1-3H3,(H,15,17). The molecule has 0 radical (unpaired) electrons. The first-order valence-corrected chi connectivity index (χ1v) is 6.37. The number of H-pyrrole nitrogens is 1. The van der Waals surface area contributed by atoms with Crippen LogP contribution in [0.25, 0.3) is 10.9 Å². The maximum absolute atomic E-state index is 12.1. The smallest absolute Gasteiger partial charge is 0.253 e. The zero-order chi connectivity index (χ0) is 12.6. The maximum Gasteiger partial charge on any atom is 0.253 e. The highest BCUT2D eigenvalue weighted by molar-refractivity contribution is 9.10. The Labute approximate surface area is 109 Å². The normalized spacial score (nSPS) is 11.1. The van der Waals surface area contributed by atoms with E-state index in [1.165, 1.54) is 0 Å². The summed E-state index contributed by atoms with van der Waals surface area (Å²) in [5.74, 6) is -0.0261. The van der Waals surface area contributed by atoms with Gasteiger partial charge in [-0.3, -0.25) is 4.79 Å². The molecule has 0 aliphatic rings. The predicted octanol–water partition coefficient (Wildman–Crippen LogP) is 3.38. The maximum atomic E-state index is 12.1. The van der Waals surface area contributed by atoms with Gasteiger partial charge in [-0.2, -0.15) is 0 Å². The van der Waals surface area contributed by atoms with Crippen LogP contribution in [0.1, 0.15) is 29.9 Å². The Bertz CT molecular complexity index is 572. The molecule has 90 valence electrons. The minimum atomic E-state index is -0.0261. The van der Waals surface area contributed by atoms with Crippen molar-refractivity contribution < 1.29 is 4.79 Å². The van der Waals surface area contributed by atoms with Crippen molar-refractivity contribution in [3.63, 3.8) is 0 Å². The van der Waals surface area contributed by atoms with E-state index in [4.69, 9.17) is 0 Å². The van der Waals surface area contributed by atoms with Crippen LogP contribution < -0.4 is 5.32 Å². The largest absolute Gasteiger partial charge is 0.358 e. The van der Waals surface area contributed by atoms with Crippen molar-refractivity contribution in [2.45, 2.75) is 26.8 Å². The van der Waals surface area contributed by atoms with Gasteiger partial charge in [0.2, 0.25) is 0 Å². The second kappa shape index (κ2) is 4.53. The molecule has 1 aromatic heterocycles. The quantitative estimate of drug-likeness (QED) is 0.876. The van der Waals surface area contributed by atoms with E-state index < -0.39 is 0 Å². The summed E-state index contributed by atoms with van der Waals surface area (Å²) in [7, 11) is 0. The fraction of sp³-hybridized carbons (Fsp3) is 0.308. The van der Waals surface area contributed by atoms with Gasteiger partial charge in [0.15, 0.2) is 0 Å². The molecule has 3 nitrogen and oxygen atoms in total. The van der Waals surface area contributed by atoms with Gasteiger partial charge in [0.25, 0.3) is 5.91 Å². The molecule has 2 rings (SSSR count). The molecule has 0 aliphatic carbocycles. The average Bonchev–Trinajstić information content (AvgIpc) is 2.52. The van der Waals surface area contributed by atoms with Crippen molar-refractivity contribution in [3.05, 3.63) is 33.9 Å². The lowest BCUT2D eigenvalue weighted by molar-refractivity contribution is 0.0944. The monoisotopic (exact) mass is 294 g/mol. The molecule has 1 heterocycles. The zero-order valence-corrected chi connectivity index (χ0v) is 11.7. The third-order valence-electron chi connectivity index (χ3n) is 2.59. The van der Waals surface area contributed by atoms with Crippen molar-refractivity contribution in [2.75, 3.05) is 0 Å². The number of rotatable bonds is 2. The third kappa shape index (κ3) is 2.36. The number of fused-ring (bicyclic) bond motifs is 1. The van der Waals surface area contributed by atoms with Gasteiger partial charge in [-0.05, 0) is 39.0 Å². The van der Waals surface area contributed by atoms with E-state index in [0.29, 0.717) is 0 Å². The van der Waals surface area contributed by atoms with Crippen molar-refractivity contribution >= 4 is 32.7 Å². The Balaban J connectivity index is 2.55. The number of carbonyl (C=O) groups excluding carboxylic acids is 1. The fourth-order valence-electron chi connectivity index (χ4n) is 1.93. The highest BCUT2D eigenvalue weighted by Gasteiger charge is 2.16. The summed E-state index contributed by atoms with van der Waals surface area (Å²) in [4.78, 5) is 15.3. The van der Waals surface area contributed by atoms with Crippen LogP contribution in [-0.4, -0.2) is 16.9 Å². The number of nitrogens with one attached hydrogen (secondary N) is 2. The molecule has 0 fully saturated rings. The number of hydrogen-bond acceptors (Lipinski definition) is 1. The number of halogens is 1. The Morgan fingerprint density at radius 3 is 2.76 bits per heavy atom. The zero-order valence-electron chi connectivity index (χ0n) is 10.1. The Kier molecular flexibility index (Phi) is 3.24. The minimum absolute atomic E-state index is 0.0261. The van der Waals surface area contributed by atoms with Gasteiger partial charge >= 0.3 is 0 Å². The number of hydrogen-bond donors (Lipinski definition) is 2. The van der Waals surface area contributed by atoms with E-state index in [1.54, 1.807) is 0 Å². The molecular formula is C13H15BrN2O. The molecule has 4 heteroatoms. The number of amides is 1. The van der Waals surface area contributed by atoms with Crippen molar-refractivity contribution in [1.29, 1.82) is 0 Å². The van der Waals surface area contributed by atoms with E-state index in [2.05, 4.69) is 26.2 Å². The number of aromatic amines is 1. The molecule has 17 heavy (non-hydrogen) atoms. The predicted molar refractivity (Wildman–Crippen MR) is 73.3 cm³/mol. The lowest BCUT2D eigenvalue weighted by Gasteiger charge is -2.08. The molecule has 0 unspecified atom stereocenters. The van der Waals surface area contributed by atoms with Crippen LogP contribution in [0.3, 0.4) is 0 Å². The summed E-state index contributed by atoms with van der Waals surface area (Å²) in [6, 6.07) is 6.04. The average molecular weight is 295 g/mol. The number of benzene rings is 1. The second-order valence-corrected chi connectivity index (χ2v) is 5.36. The Hall–Kier alpha value is -1.29. The van der Waals surface area contributed by atoms with E-state index in [1.807, 2.05) is 39.0 Å². The van der Waals surface area contributed by atoms with Crippen LogP contribution in [0.5, 0.6) is 0 Å². The molecule has 0 aliphatic heterocycles. The van der Waals surface area contributed by atoms with Crippen LogP contribution in [0, 0.1) is 6.92 Å². The van der Waals surface area contributed by atoms with E-state index in [9.17, 15) is 4.79 Å². The molecule has 1 aromatic carbocycles. The number of aryl methyl sites for hydroxylation is 1. The summed E-state index contributed by atoms with van der Waals surface area (Å²) in [5, 5.41) is 3.88. The van der Waals surface area contributed by atoms with Gasteiger partial charge < -0.3 is 10.3 Å². The van der Waals surface area contributed by atoms with E-state index in [-0.39, 0.29) is 11.9 Å². The summed E-state index contributed by atoms with van der Waals surface area (Å²) >= 11 is 3.43. The van der Waals surface area contributed by atoms with Gasteiger partial charge in [-0.25, -0.2) is 0 Å². The molecule has 2 aromatic rings. The van der Waals surface area contributed by atoms with Gasteiger partial charge in [-0.1, -0.05) is 15.9 Å². The molecule has 1 amide bonds.